The van der Waals surface area contributed by atoms with Crippen molar-refractivity contribution in [2.75, 3.05) is 56.3 Å². The molecule has 0 spiro atoms. The van der Waals surface area contributed by atoms with Gasteiger partial charge in [-0.05, 0) is 70.7 Å². The topological polar surface area (TPSA) is 226 Å². The number of hydrogen-bond acceptors (Lipinski definition) is 12. The molecule has 0 atom stereocenters. The lowest BCUT2D eigenvalue weighted by Crippen LogP contribution is -2.37. The van der Waals surface area contributed by atoms with E-state index in [1.165, 1.54) is 41.6 Å². The highest BCUT2D eigenvalue weighted by atomic mass is 32.2. The molecule has 0 radical (unpaired) electrons. The second-order valence-corrected chi connectivity index (χ2v) is 15.5. The number of carbonyl (C=O) groups is 4. The lowest BCUT2D eigenvalue weighted by atomic mass is 10.2. The minimum atomic E-state index is -1.20. The van der Waals surface area contributed by atoms with Crippen molar-refractivity contribution in [3.05, 3.63) is 82.2 Å². The van der Waals surface area contributed by atoms with Crippen molar-refractivity contribution >= 4 is 69.5 Å². The average Bonchev–Trinajstić information content (AvgIpc) is 4.01. The molecule has 1 aliphatic heterocycles. The number of aromatic nitrogens is 8. The van der Waals surface area contributed by atoms with E-state index in [0.717, 1.165) is 19.6 Å². The van der Waals surface area contributed by atoms with E-state index in [4.69, 9.17) is 9.47 Å². The number of hydrogen-bond donors (Lipinski definition) is 4. The van der Waals surface area contributed by atoms with E-state index in [2.05, 4.69) is 35.7 Å². The Hall–Kier alpha value is -6.58. The number of imidazole rings is 2. The second kappa shape index (κ2) is 19.2. The largest absolute Gasteiger partial charge is 0.491 e. The minimum absolute atomic E-state index is 0.00371. The van der Waals surface area contributed by atoms with Gasteiger partial charge in [-0.2, -0.15) is 10.2 Å². The average molecular weight is 886 g/mol. The fourth-order valence-corrected chi connectivity index (χ4v) is 8.13. The highest BCUT2D eigenvalue weighted by Crippen LogP contribution is 2.33. The van der Waals surface area contributed by atoms with Gasteiger partial charge in [0.05, 0.1) is 58.9 Å². The molecule has 332 valence electrons. The molecule has 1 saturated heterocycles. The quantitative estimate of drug-likeness (QED) is 0.0472. The first-order chi connectivity index (χ1) is 30.3. The summed E-state index contributed by atoms with van der Waals surface area (Å²) >= 11 is 1.33. The number of halogens is 1. The SMILES string of the molecule is CCn1nc(C)cc1C(=O)Nc1nc2cc(C(=O)O)cc(SC)c2n1CC=CCn1c(NC(=O)c2c(F)c(C)nn2CC)nc2cc(C(=O)O)cc(OCCCN3CCOCC3)c21. The molecule has 5 heterocycles. The van der Waals surface area contributed by atoms with Crippen LogP contribution in [0.15, 0.2) is 47.4 Å². The van der Waals surface area contributed by atoms with Crippen LogP contribution in [0.2, 0.25) is 0 Å². The van der Waals surface area contributed by atoms with Crippen molar-refractivity contribution in [2.24, 2.45) is 0 Å². The zero-order valence-corrected chi connectivity index (χ0v) is 36.3. The number of morpholine rings is 1. The maximum absolute atomic E-state index is 15.3. The summed E-state index contributed by atoms with van der Waals surface area (Å²) in [6.45, 7) is 11.6. The van der Waals surface area contributed by atoms with Crippen molar-refractivity contribution < 1.29 is 43.3 Å². The van der Waals surface area contributed by atoms with E-state index in [0.29, 0.717) is 59.0 Å². The smallest absolute Gasteiger partial charge is 0.335 e. The Morgan fingerprint density at radius 1 is 0.841 bits per heavy atom. The number of carboxylic acid groups (broad SMARTS) is 2. The van der Waals surface area contributed by atoms with Crippen LogP contribution in [0.5, 0.6) is 5.75 Å². The molecule has 2 amide bonds. The standard InChI is InChI=1S/C42H48FN11O8S/c1-6-53-30(19-24(3)48-53)37(55)46-41-45-29-21-27(40(59)60)23-32(63-5)35(29)52(41)13-9-8-12-51-34-28(44-42(51)47-38(56)36-33(43)25(4)49-54(36)7-2)20-26(39(57)58)22-31(34)62-16-10-11-50-14-17-61-18-15-50/h8-9,19-23H,6-7,10-18H2,1-5H3,(H,57,58)(H,59,60)(H,44,47,56)(H,45,46,55). The summed E-state index contributed by atoms with van der Waals surface area (Å²) in [5, 5.41) is 34.1. The Balaban J connectivity index is 1.26. The number of allylic oxidation sites excluding steroid dienone is 2. The summed E-state index contributed by atoms with van der Waals surface area (Å²) in [7, 11) is 0. The number of anilines is 2. The molecule has 19 nitrogen and oxygen atoms in total. The molecule has 4 N–H and O–H groups in total. The van der Waals surface area contributed by atoms with Crippen molar-refractivity contribution in [3.63, 3.8) is 0 Å². The van der Waals surface area contributed by atoms with E-state index in [1.54, 1.807) is 51.9 Å². The van der Waals surface area contributed by atoms with Crippen molar-refractivity contribution in [1.29, 1.82) is 0 Å². The fraction of sp³-hybridized carbons (Fsp3) is 0.381. The molecule has 0 aliphatic carbocycles. The molecule has 2 aromatic carbocycles. The van der Waals surface area contributed by atoms with Crippen LogP contribution in [0.4, 0.5) is 16.3 Å². The fourth-order valence-electron chi connectivity index (χ4n) is 7.47. The van der Waals surface area contributed by atoms with Crippen molar-refractivity contribution in [3.8, 4) is 5.75 Å². The summed E-state index contributed by atoms with van der Waals surface area (Å²) in [5.41, 5.74) is 2.25. The van der Waals surface area contributed by atoms with Gasteiger partial charge in [-0.3, -0.25) is 34.5 Å². The van der Waals surface area contributed by atoms with Gasteiger partial charge in [-0.25, -0.2) is 23.9 Å². The number of carboxylic acids is 2. The molecule has 63 heavy (non-hydrogen) atoms. The summed E-state index contributed by atoms with van der Waals surface area (Å²) in [6.07, 6.45) is 6.03. The summed E-state index contributed by atoms with van der Waals surface area (Å²) in [5.74, 6) is -3.99. The third-order valence-corrected chi connectivity index (χ3v) is 11.3. The third kappa shape index (κ3) is 9.44. The highest BCUT2D eigenvalue weighted by molar-refractivity contribution is 7.98. The predicted molar refractivity (Wildman–Crippen MR) is 233 cm³/mol. The lowest BCUT2D eigenvalue weighted by Gasteiger charge is -2.26. The van der Waals surface area contributed by atoms with E-state index >= 15 is 4.39 Å². The zero-order chi connectivity index (χ0) is 44.9. The first-order valence-electron chi connectivity index (χ1n) is 20.4. The Morgan fingerprint density at radius 3 is 2.06 bits per heavy atom. The number of aromatic carboxylic acids is 2. The molecular weight excluding hydrogens is 838 g/mol. The van der Waals surface area contributed by atoms with Crippen LogP contribution in [0.1, 0.15) is 73.3 Å². The van der Waals surface area contributed by atoms with Gasteiger partial charge >= 0.3 is 11.9 Å². The summed E-state index contributed by atoms with van der Waals surface area (Å²) in [6, 6.07) is 7.45. The number of thioether (sulfide) groups is 1. The Bertz CT molecular complexity index is 2750. The van der Waals surface area contributed by atoms with Gasteiger partial charge in [0.1, 0.15) is 17.0 Å². The molecule has 0 saturated carbocycles. The van der Waals surface area contributed by atoms with Gasteiger partial charge in [-0.15, -0.1) is 11.8 Å². The van der Waals surface area contributed by atoms with Crippen LogP contribution in [-0.4, -0.2) is 123 Å². The number of rotatable bonds is 18. The Labute approximate surface area is 364 Å². The van der Waals surface area contributed by atoms with Crippen LogP contribution >= 0.6 is 11.8 Å². The van der Waals surface area contributed by atoms with Crippen LogP contribution in [0.3, 0.4) is 0 Å². The monoisotopic (exact) mass is 885 g/mol. The number of fused-ring (bicyclic) bond motifs is 2. The van der Waals surface area contributed by atoms with Gasteiger partial charge in [0.15, 0.2) is 11.5 Å². The predicted octanol–water partition coefficient (Wildman–Crippen LogP) is 5.56. The lowest BCUT2D eigenvalue weighted by molar-refractivity contribution is 0.0358. The summed E-state index contributed by atoms with van der Waals surface area (Å²) in [4.78, 5) is 64.0. The number of benzene rings is 2. The first-order valence-corrected chi connectivity index (χ1v) is 21.6. The highest BCUT2D eigenvalue weighted by Gasteiger charge is 2.26. The number of nitrogens with zero attached hydrogens (tertiary/aromatic N) is 9. The molecule has 0 bridgehead atoms. The van der Waals surface area contributed by atoms with Crippen LogP contribution < -0.4 is 15.4 Å². The van der Waals surface area contributed by atoms with E-state index in [1.807, 2.05) is 13.2 Å². The number of aryl methyl sites for hydroxylation is 4. The van der Waals surface area contributed by atoms with Crippen LogP contribution in [-0.2, 0) is 30.9 Å². The number of amides is 2. The van der Waals surface area contributed by atoms with Crippen LogP contribution in [0.25, 0.3) is 22.1 Å². The second-order valence-electron chi connectivity index (χ2n) is 14.7. The molecular formula is C42H48FN11O8S. The molecule has 1 aliphatic rings. The molecule has 6 aromatic rings. The number of ether oxygens (including phenoxy) is 2. The molecule has 1 fully saturated rings. The minimum Gasteiger partial charge on any atom is -0.491 e. The first kappa shape index (κ1) is 44.5. The van der Waals surface area contributed by atoms with Gasteiger partial charge in [0.25, 0.3) is 11.8 Å². The van der Waals surface area contributed by atoms with Gasteiger partial charge in [0.2, 0.25) is 11.9 Å². The molecule has 0 unspecified atom stereocenters. The molecule has 21 heteroatoms. The molecule has 4 aromatic heterocycles. The van der Waals surface area contributed by atoms with E-state index < -0.39 is 29.6 Å². The van der Waals surface area contributed by atoms with Crippen molar-refractivity contribution in [2.45, 2.75) is 65.2 Å². The van der Waals surface area contributed by atoms with E-state index in [9.17, 15) is 29.4 Å². The Morgan fingerprint density at radius 2 is 1.44 bits per heavy atom. The van der Waals surface area contributed by atoms with Gasteiger partial charge in [-0.1, -0.05) is 12.2 Å². The summed E-state index contributed by atoms with van der Waals surface area (Å²) < 4.78 is 33.3. The maximum Gasteiger partial charge on any atom is 0.335 e. The van der Waals surface area contributed by atoms with Crippen molar-refractivity contribution in [1.82, 2.24) is 43.6 Å². The van der Waals surface area contributed by atoms with E-state index in [-0.39, 0.29) is 71.9 Å². The normalized spacial score (nSPS) is 13.4. The maximum atomic E-state index is 15.3. The van der Waals surface area contributed by atoms with Gasteiger partial charge < -0.3 is 28.8 Å². The zero-order valence-electron chi connectivity index (χ0n) is 35.5. The Kier molecular flexibility index (Phi) is 13.6. The van der Waals surface area contributed by atoms with Crippen LogP contribution in [0, 0.1) is 19.7 Å². The van der Waals surface area contributed by atoms with Gasteiger partial charge in [0, 0.05) is 50.7 Å². The third-order valence-electron chi connectivity index (χ3n) is 10.5. The molecule has 7 rings (SSSR count). The number of carbonyl (C=O) groups excluding carboxylic acids is 2. The number of nitrogens with one attached hydrogen (secondary N) is 2.